The third kappa shape index (κ3) is 2.10. The fourth-order valence-electron chi connectivity index (χ4n) is 2.19. The van der Waals surface area contributed by atoms with Gasteiger partial charge in [-0.25, -0.2) is 0 Å². The fourth-order valence-corrected chi connectivity index (χ4v) is 2.19. The molecule has 3 rings (SSSR count). The van der Waals surface area contributed by atoms with Crippen LogP contribution in [0, 0.1) is 6.92 Å². The Labute approximate surface area is 99.6 Å². The third-order valence-corrected chi connectivity index (χ3v) is 3.15. The number of nitrogens with one attached hydrogen (secondary N) is 2. The summed E-state index contributed by atoms with van der Waals surface area (Å²) in [6.45, 7) is 4.04. The Bertz CT molecular complexity index is 516. The second kappa shape index (κ2) is 4.33. The minimum Gasteiger partial charge on any atom is -0.422 e. The predicted octanol–water partition coefficient (Wildman–Crippen LogP) is 1.70. The van der Waals surface area contributed by atoms with Crippen molar-refractivity contribution in [2.75, 3.05) is 18.4 Å². The molecule has 2 aromatic heterocycles. The number of aryl methyl sites for hydroxylation is 1. The normalized spacial score (nSPS) is 17.5. The van der Waals surface area contributed by atoms with Gasteiger partial charge in [-0.1, -0.05) is 0 Å². The summed E-state index contributed by atoms with van der Waals surface area (Å²) in [5, 5.41) is 6.69. The number of pyridine rings is 1. The van der Waals surface area contributed by atoms with E-state index in [1.165, 1.54) is 0 Å². The van der Waals surface area contributed by atoms with Gasteiger partial charge in [-0.3, -0.25) is 4.98 Å². The van der Waals surface area contributed by atoms with E-state index < -0.39 is 0 Å². The number of rotatable bonds is 2. The molecule has 1 saturated heterocycles. The third-order valence-electron chi connectivity index (χ3n) is 3.15. The SMILES string of the molecule is Cc1nccc2nc(NC3CCNCC3)oc12. The zero-order chi connectivity index (χ0) is 11.7. The molecule has 0 aliphatic carbocycles. The van der Waals surface area contributed by atoms with Gasteiger partial charge in [0.1, 0.15) is 5.52 Å². The minimum absolute atomic E-state index is 0.456. The molecule has 5 nitrogen and oxygen atoms in total. The molecule has 2 N–H and O–H groups in total. The molecule has 1 aliphatic heterocycles. The average Bonchev–Trinajstić information content (AvgIpc) is 2.74. The molecule has 5 heteroatoms. The van der Waals surface area contributed by atoms with Crippen molar-refractivity contribution in [1.29, 1.82) is 0 Å². The standard InChI is InChI=1S/C12H16N4O/c1-8-11-10(4-7-14-8)16-12(17-11)15-9-2-5-13-6-3-9/h4,7,9,13H,2-3,5-6H2,1H3,(H,15,16). The number of aromatic nitrogens is 2. The van der Waals surface area contributed by atoms with E-state index in [0.29, 0.717) is 12.1 Å². The monoisotopic (exact) mass is 232 g/mol. The maximum atomic E-state index is 5.70. The van der Waals surface area contributed by atoms with Crippen LogP contribution < -0.4 is 10.6 Å². The molecular formula is C12H16N4O. The van der Waals surface area contributed by atoms with Crippen LogP contribution >= 0.6 is 0 Å². The van der Waals surface area contributed by atoms with Gasteiger partial charge in [-0.2, -0.15) is 4.98 Å². The van der Waals surface area contributed by atoms with Gasteiger partial charge < -0.3 is 15.1 Å². The summed E-state index contributed by atoms with van der Waals surface area (Å²) < 4.78 is 5.70. The molecule has 0 bridgehead atoms. The Morgan fingerprint density at radius 3 is 3.00 bits per heavy atom. The van der Waals surface area contributed by atoms with Gasteiger partial charge in [-0.15, -0.1) is 0 Å². The first-order chi connectivity index (χ1) is 8.33. The lowest BCUT2D eigenvalue weighted by Gasteiger charge is -2.22. The van der Waals surface area contributed by atoms with E-state index in [0.717, 1.165) is 42.7 Å². The quantitative estimate of drug-likeness (QED) is 0.825. The zero-order valence-corrected chi connectivity index (χ0v) is 9.86. The highest BCUT2D eigenvalue weighted by Crippen LogP contribution is 2.21. The number of nitrogens with zero attached hydrogens (tertiary/aromatic N) is 2. The molecule has 1 aliphatic rings. The highest BCUT2D eigenvalue weighted by molar-refractivity contribution is 5.76. The molecule has 1 fully saturated rings. The number of fused-ring (bicyclic) bond motifs is 1. The molecule has 90 valence electrons. The Morgan fingerprint density at radius 2 is 2.24 bits per heavy atom. The number of oxazole rings is 1. The Morgan fingerprint density at radius 1 is 1.41 bits per heavy atom. The van der Waals surface area contributed by atoms with Crippen molar-refractivity contribution in [3.63, 3.8) is 0 Å². The van der Waals surface area contributed by atoms with Crippen molar-refractivity contribution in [3.8, 4) is 0 Å². The van der Waals surface area contributed by atoms with Crippen molar-refractivity contribution >= 4 is 17.1 Å². The van der Waals surface area contributed by atoms with Gasteiger partial charge in [0.05, 0.1) is 5.69 Å². The highest BCUT2D eigenvalue weighted by Gasteiger charge is 2.16. The lowest BCUT2D eigenvalue weighted by atomic mass is 10.1. The van der Waals surface area contributed by atoms with Crippen LogP contribution in [0.1, 0.15) is 18.5 Å². The number of hydrogen-bond acceptors (Lipinski definition) is 5. The molecule has 17 heavy (non-hydrogen) atoms. The molecule has 0 unspecified atom stereocenters. The Balaban J connectivity index is 1.83. The fraction of sp³-hybridized carbons (Fsp3) is 0.500. The summed E-state index contributed by atoms with van der Waals surface area (Å²) >= 11 is 0. The van der Waals surface area contributed by atoms with Crippen LogP contribution in [-0.4, -0.2) is 29.1 Å². The predicted molar refractivity (Wildman–Crippen MR) is 66.1 cm³/mol. The van der Waals surface area contributed by atoms with Crippen LogP contribution in [0.25, 0.3) is 11.1 Å². The van der Waals surface area contributed by atoms with Crippen molar-refractivity contribution in [1.82, 2.24) is 15.3 Å². The van der Waals surface area contributed by atoms with Crippen molar-refractivity contribution in [3.05, 3.63) is 18.0 Å². The van der Waals surface area contributed by atoms with Crippen molar-refractivity contribution in [2.24, 2.45) is 0 Å². The number of hydrogen-bond donors (Lipinski definition) is 2. The minimum atomic E-state index is 0.456. The van der Waals surface area contributed by atoms with Gasteiger partial charge in [0.25, 0.3) is 6.01 Å². The maximum absolute atomic E-state index is 5.70. The van der Waals surface area contributed by atoms with Crippen LogP contribution in [0.4, 0.5) is 6.01 Å². The maximum Gasteiger partial charge on any atom is 0.295 e. The average molecular weight is 232 g/mol. The molecule has 2 aromatic rings. The van der Waals surface area contributed by atoms with Crippen LogP contribution in [-0.2, 0) is 0 Å². The second-order valence-corrected chi connectivity index (χ2v) is 4.43. The van der Waals surface area contributed by atoms with E-state index in [-0.39, 0.29) is 0 Å². The number of anilines is 1. The molecule has 0 spiro atoms. The molecule has 3 heterocycles. The van der Waals surface area contributed by atoms with Gasteiger partial charge in [0.2, 0.25) is 0 Å². The largest absolute Gasteiger partial charge is 0.422 e. The number of piperidine rings is 1. The topological polar surface area (TPSA) is 63.0 Å². The summed E-state index contributed by atoms with van der Waals surface area (Å²) in [5.74, 6) is 0. The van der Waals surface area contributed by atoms with E-state index >= 15 is 0 Å². The van der Waals surface area contributed by atoms with Gasteiger partial charge in [-0.05, 0) is 38.9 Å². The first-order valence-electron chi connectivity index (χ1n) is 6.02. The van der Waals surface area contributed by atoms with Crippen LogP contribution in [0.2, 0.25) is 0 Å². The van der Waals surface area contributed by atoms with E-state index in [1.54, 1.807) is 6.20 Å². The summed E-state index contributed by atoms with van der Waals surface area (Å²) in [6.07, 6.45) is 3.97. The Hall–Kier alpha value is -1.62. The first kappa shape index (κ1) is 10.5. The molecule has 0 atom stereocenters. The van der Waals surface area contributed by atoms with Crippen LogP contribution in [0.15, 0.2) is 16.7 Å². The summed E-state index contributed by atoms with van der Waals surface area (Å²) in [5.41, 5.74) is 2.53. The summed E-state index contributed by atoms with van der Waals surface area (Å²) in [7, 11) is 0. The van der Waals surface area contributed by atoms with Crippen molar-refractivity contribution in [2.45, 2.75) is 25.8 Å². The summed E-state index contributed by atoms with van der Waals surface area (Å²) in [4.78, 5) is 8.63. The highest BCUT2D eigenvalue weighted by atomic mass is 16.4. The van der Waals surface area contributed by atoms with Crippen LogP contribution in [0.5, 0.6) is 0 Å². The van der Waals surface area contributed by atoms with Crippen LogP contribution in [0.3, 0.4) is 0 Å². The van der Waals surface area contributed by atoms with E-state index in [9.17, 15) is 0 Å². The molecule has 0 radical (unpaired) electrons. The lowest BCUT2D eigenvalue weighted by Crippen LogP contribution is -2.35. The Kier molecular flexibility index (Phi) is 2.68. The van der Waals surface area contributed by atoms with E-state index in [4.69, 9.17) is 4.42 Å². The second-order valence-electron chi connectivity index (χ2n) is 4.43. The first-order valence-corrected chi connectivity index (χ1v) is 6.02. The van der Waals surface area contributed by atoms with E-state index in [1.807, 2.05) is 13.0 Å². The molecule has 0 saturated carbocycles. The van der Waals surface area contributed by atoms with Gasteiger partial charge >= 0.3 is 0 Å². The molecule has 0 amide bonds. The molecular weight excluding hydrogens is 216 g/mol. The smallest absolute Gasteiger partial charge is 0.295 e. The van der Waals surface area contributed by atoms with E-state index in [2.05, 4.69) is 20.6 Å². The van der Waals surface area contributed by atoms with Crippen molar-refractivity contribution < 1.29 is 4.42 Å². The lowest BCUT2D eigenvalue weighted by molar-refractivity contribution is 0.466. The summed E-state index contributed by atoms with van der Waals surface area (Å²) in [6, 6.07) is 2.94. The zero-order valence-electron chi connectivity index (χ0n) is 9.86. The van der Waals surface area contributed by atoms with Gasteiger partial charge in [0, 0.05) is 12.2 Å². The van der Waals surface area contributed by atoms with Gasteiger partial charge in [0.15, 0.2) is 5.58 Å². The molecule has 0 aromatic carbocycles.